The van der Waals surface area contributed by atoms with Crippen molar-refractivity contribution in [2.45, 2.75) is 38.6 Å². The van der Waals surface area contributed by atoms with Crippen molar-refractivity contribution in [1.29, 1.82) is 0 Å². The van der Waals surface area contributed by atoms with Crippen molar-refractivity contribution in [3.05, 3.63) is 34.9 Å². The van der Waals surface area contributed by atoms with E-state index in [-0.39, 0.29) is 11.9 Å². The van der Waals surface area contributed by atoms with E-state index in [1.54, 1.807) is 6.07 Å². The molecule has 1 amide bonds. The Labute approximate surface area is 129 Å². The van der Waals surface area contributed by atoms with Crippen LogP contribution in [-0.4, -0.2) is 17.0 Å². The van der Waals surface area contributed by atoms with Gasteiger partial charge in [0.1, 0.15) is 0 Å². The van der Waals surface area contributed by atoms with E-state index in [1.165, 1.54) is 0 Å². The Morgan fingerprint density at radius 3 is 2.71 bits per heavy atom. The summed E-state index contributed by atoms with van der Waals surface area (Å²) in [5.41, 5.74) is 0.947. The molecule has 1 aliphatic rings. The second kappa shape index (κ2) is 6.94. The molecule has 0 aromatic heterocycles. The van der Waals surface area contributed by atoms with Crippen molar-refractivity contribution in [3.8, 4) is 0 Å². The Kier molecular flexibility index (Phi) is 5.23. The summed E-state index contributed by atoms with van der Waals surface area (Å²) in [6.45, 7) is 1.98. The fourth-order valence-corrected chi connectivity index (χ4v) is 3.19. The molecule has 0 spiro atoms. The molecule has 0 aliphatic heterocycles. The van der Waals surface area contributed by atoms with Crippen molar-refractivity contribution in [2.24, 2.45) is 11.8 Å². The lowest BCUT2D eigenvalue weighted by Gasteiger charge is -2.22. The van der Waals surface area contributed by atoms with Gasteiger partial charge in [0, 0.05) is 5.02 Å². The molecule has 0 radical (unpaired) electrons. The maximum absolute atomic E-state index is 12.4. The monoisotopic (exact) mass is 309 g/mol. The fourth-order valence-electron chi connectivity index (χ4n) is 2.99. The van der Waals surface area contributed by atoms with E-state index in [1.807, 2.05) is 25.1 Å². The molecule has 4 nitrogen and oxygen atoms in total. The quantitative estimate of drug-likeness (QED) is 0.876. The number of hydrogen-bond donors (Lipinski definition) is 2. The summed E-state index contributed by atoms with van der Waals surface area (Å²) >= 11 is 5.98. The second-order valence-electron chi connectivity index (χ2n) is 5.51. The van der Waals surface area contributed by atoms with Crippen LogP contribution in [0.15, 0.2) is 24.3 Å². The van der Waals surface area contributed by atoms with Crippen LogP contribution in [0.4, 0.5) is 0 Å². The van der Waals surface area contributed by atoms with Crippen LogP contribution < -0.4 is 5.32 Å². The van der Waals surface area contributed by atoms with E-state index >= 15 is 0 Å². The van der Waals surface area contributed by atoms with Crippen LogP contribution in [0.3, 0.4) is 0 Å². The van der Waals surface area contributed by atoms with Crippen molar-refractivity contribution >= 4 is 23.5 Å². The molecule has 0 bridgehead atoms. The van der Waals surface area contributed by atoms with E-state index in [2.05, 4.69) is 5.32 Å². The Morgan fingerprint density at radius 2 is 2.10 bits per heavy atom. The lowest BCUT2D eigenvalue weighted by molar-refractivity contribution is -0.146. The highest BCUT2D eigenvalue weighted by molar-refractivity contribution is 6.30. The Bertz CT molecular complexity index is 532. The highest BCUT2D eigenvalue weighted by atomic mass is 35.5. The first-order chi connectivity index (χ1) is 10.0. The largest absolute Gasteiger partial charge is 0.481 e. The predicted octanol–water partition coefficient (Wildman–Crippen LogP) is 3.41. The minimum absolute atomic E-state index is 0.133. The molecule has 5 heteroatoms. The molecule has 0 saturated heterocycles. The molecular formula is C16H20ClNO3. The van der Waals surface area contributed by atoms with Crippen LogP contribution in [0.2, 0.25) is 5.02 Å². The Balaban J connectivity index is 2.08. The third kappa shape index (κ3) is 3.76. The van der Waals surface area contributed by atoms with Gasteiger partial charge in [0.15, 0.2) is 0 Å². The number of amides is 1. The lowest BCUT2D eigenvalue weighted by atomic mass is 9.94. The topological polar surface area (TPSA) is 66.4 Å². The summed E-state index contributed by atoms with van der Waals surface area (Å²) in [6.07, 6.45) is 2.76. The Morgan fingerprint density at radius 1 is 1.38 bits per heavy atom. The van der Waals surface area contributed by atoms with E-state index in [0.717, 1.165) is 18.4 Å². The SMILES string of the molecule is CCC(NC(=O)C1CCCC1C(=O)O)c1cccc(Cl)c1. The molecule has 114 valence electrons. The van der Waals surface area contributed by atoms with Crippen molar-refractivity contribution in [1.82, 2.24) is 5.32 Å². The molecule has 2 N–H and O–H groups in total. The molecule has 3 atom stereocenters. The fraction of sp³-hybridized carbons (Fsp3) is 0.500. The predicted molar refractivity (Wildman–Crippen MR) is 81.1 cm³/mol. The number of hydrogen-bond acceptors (Lipinski definition) is 2. The first-order valence-corrected chi connectivity index (χ1v) is 7.69. The summed E-state index contributed by atoms with van der Waals surface area (Å²) in [5, 5.41) is 12.8. The highest BCUT2D eigenvalue weighted by Crippen LogP contribution is 2.33. The minimum atomic E-state index is -0.872. The maximum Gasteiger partial charge on any atom is 0.307 e. The average Bonchev–Trinajstić information content (AvgIpc) is 2.94. The van der Waals surface area contributed by atoms with Gasteiger partial charge in [-0.1, -0.05) is 37.1 Å². The summed E-state index contributed by atoms with van der Waals surface area (Å²) in [6, 6.07) is 7.26. The van der Waals surface area contributed by atoms with Gasteiger partial charge >= 0.3 is 5.97 Å². The third-order valence-electron chi connectivity index (χ3n) is 4.15. The number of rotatable bonds is 5. The normalized spacial score (nSPS) is 22.8. The third-order valence-corrected chi connectivity index (χ3v) is 4.38. The molecule has 1 saturated carbocycles. The molecule has 1 aromatic rings. The van der Waals surface area contributed by atoms with Crippen molar-refractivity contribution in [2.75, 3.05) is 0 Å². The summed E-state index contributed by atoms with van der Waals surface area (Å²) in [4.78, 5) is 23.6. The van der Waals surface area contributed by atoms with Gasteiger partial charge in [-0.25, -0.2) is 0 Å². The second-order valence-corrected chi connectivity index (χ2v) is 5.94. The van der Waals surface area contributed by atoms with Gasteiger partial charge in [-0.15, -0.1) is 0 Å². The molecule has 2 rings (SSSR count). The lowest BCUT2D eigenvalue weighted by Crippen LogP contribution is -2.37. The smallest absolute Gasteiger partial charge is 0.307 e. The van der Waals surface area contributed by atoms with Gasteiger partial charge in [-0.05, 0) is 37.0 Å². The zero-order valence-electron chi connectivity index (χ0n) is 12.0. The standard InChI is InChI=1S/C16H20ClNO3/c1-2-14(10-5-3-6-11(17)9-10)18-15(19)12-7-4-8-13(12)16(20)21/h3,5-6,9,12-14H,2,4,7-8H2,1H3,(H,18,19)(H,20,21). The molecular weight excluding hydrogens is 290 g/mol. The van der Waals surface area contributed by atoms with E-state index in [4.69, 9.17) is 11.6 Å². The molecule has 1 fully saturated rings. The number of benzene rings is 1. The minimum Gasteiger partial charge on any atom is -0.481 e. The number of carbonyl (C=O) groups is 2. The Hall–Kier alpha value is -1.55. The van der Waals surface area contributed by atoms with Gasteiger partial charge < -0.3 is 10.4 Å². The molecule has 0 heterocycles. The van der Waals surface area contributed by atoms with Crippen LogP contribution >= 0.6 is 11.6 Å². The van der Waals surface area contributed by atoms with Crippen LogP contribution in [0.25, 0.3) is 0 Å². The van der Waals surface area contributed by atoms with E-state index < -0.39 is 17.8 Å². The van der Waals surface area contributed by atoms with Gasteiger partial charge in [0.25, 0.3) is 0 Å². The number of carboxylic acids is 1. The number of nitrogens with one attached hydrogen (secondary N) is 1. The zero-order valence-corrected chi connectivity index (χ0v) is 12.8. The number of aliphatic carboxylic acids is 1. The maximum atomic E-state index is 12.4. The molecule has 1 aliphatic carbocycles. The van der Waals surface area contributed by atoms with Crippen LogP contribution in [0.5, 0.6) is 0 Å². The summed E-state index contributed by atoms with van der Waals surface area (Å²) in [7, 11) is 0. The van der Waals surface area contributed by atoms with E-state index in [9.17, 15) is 14.7 Å². The molecule has 1 aromatic carbocycles. The first kappa shape index (κ1) is 15.8. The van der Waals surface area contributed by atoms with E-state index in [0.29, 0.717) is 17.9 Å². The molecule has 21 heavy (non-hydrogen) atoms. The van der Waals surface area contributed by atoms with Gasteiger partial charge in [0.05, 0.1) is 17.9 Å². The zero-order chi connectivity index (χ0) is 15.4. The summed E-state index contributed by atoms with van der Waals surface area (Å²) < 4.78 is 0. The van der Waals surface area contributed by atoms with Crippen LogP contribution in [-0.2, 0) is 9.59 Å². The first-order valence-electron chi connectivity index (χ1n) is 7.31. The van der Waals surface area contributed by atoms with Gasteiger partial charge in [0.2, 0.25) is 5.91 Å². The van der Waals surface area contributed by atoms with Crippen molar-refractivity contribution < 1.29 is 14.7 Å². The average molecular weight is 310 g/mol. The van der Waals surface area contributed by atoms with Crippen molar-refractivity contribution in [3.63, 3.8) is 0 Å². The number of carbonyl (C=O) groups excluding carboxylic acids is 1. The highest BCUT2D eigenvalue weighted by Gasteiger charge is 2.38. The number of carboxylic acid groups (broad SMARTS) is 1. The van der Waals surface area contributed by atoms with Crippen LogP contribution in [0.1, 0.15) is 44.2 Å². The van der Waals surface area contributed by atoms with Crippen LogP contribution in [0, 0.1) is 11.8 Å². The number of halogens is 1. The summed E-state index contributed by atoms with van der Waals surface area (Å²) in [5.74, 6) is -2.01. The van der Waals surface area contributed by atoms with Gasteiger partial charge in [-0.2, -0.15) is 0 Å². The molecule has 3 unspecified atom stereocenters. The van der Waals surface area contributed by atoms with Gasteiger partial charge in [-0.3, -0.25) is 9.59 Å².